The van der Waals surface area contributed by atoms with Crippen LogP contribution >= 0.6 is 11.6 Å². The molecule has 1 aromatic rings. The predicted octanol–water partition coefficient (Wildman–Crippen LogP) is 2.14. The number of methoxy groups -OCH3 is 1. The number of aryl methyl sites for hydroxylation is 1. The van der Waals surface area contributed by atoms with E-state index in [9.17, 15) is 9.90 Å². The summed E-state index contributed by atoms with van der Waals surface area (Å²) < 4.78 is 4.48. The first-order valence-electron chi connectivity index (χ1n) is 3.63. The highest BCUT2D eigenvalue weighted by molar-refractivity contribution is 6.33. The van der Waals surface area contributed by atoms with Crippen LogP contribution in [-0.2, 0) is 4.74 Å². The van der Waals surface area contributed by atoms with Crippen LogP contribution in [0.25, 0.3) is 0 Å². The van der Waals surface area contributed by atoms with Crippen LogP contribution in [0, 0.1) is 6.92 Å². The van der Waals surface area contributed by atoms with Crippen molar-refractivity contribution in [1.29, 1.82) is 0 Å². The maximum atomic E-state index is 11.1. The van der Waals surface area contributed by atoms with Crippen molar-refractivity contribution in [1.82, 2.24) is 0 Å². The summed E-state index contributed by atoms with van der Waals surface area (Å²) in [6.07, 6.45) is 0. The number of esters is 1. The summed E-state index contributed by atoms with van der Waals surface area (Å²) >= 11 is 5.76. The molecule has 13 heavy (non-hydrogen) atoms. The minimum absolute atomic E-state index is 0.0322. The Kier molecular flexibility index (Phi) is 2.78. The van der Waals surface area contributed by atoms with Crippen LogP contribution in [0.1, 0.15) is 15.9 Å². The lowest BCUT2D eigenvalue weighted by Crippen LogP contribution is -2.02. The molecule has 1 rings (SSSR count). The Bertz CT molecular complexity index is 347. The molecule has 0 spiro atoms. The van der Waals surface area contributed by atoms with Gasteiger partial charge in [-0.3, -0.25) is 0 Å². The van der Waals surface area contributed by atoms with Crippen LogP contribution < -0.4 is 0 Å². The maximum absolute atomic E-state index is 11.1. The SMILES string of the molecule is COC(=O)c1cc(O)c(C)cc1Cl. The van der Waals surface area contributed by atoms with E-state index in [1.165, 1.54) is 19.2 Å². The summed E-state index contributed by atoms with van der Waals surface area (Å²) in [5.74, 6) is -0.523. The number of hydrogen-bond donors (Lipinski definition) is 1. The number of carbonyl (C=O) groups is 1. The fourth-order valence-corrected chi connectivity index (χ4v) is 1.22. The van der Waals surface area contributed by atoms with Gasteiger partial charge in [-0.2, -0.15) is 0 Å². The van der Waals surface area contributed by atoms with Gasteiger partial charge in [-0.25, -0.2) is 4.79 Å². The van der Waals surface area contributed by atoms with Crippen molar-refractivity contribution in [3.63, 3.8) is 0 Å². The van der Waals surface area contributed by atoms with E-state index in [0.717, 1.165) is 0 Å². The number of rotatable bonds is 1. The Morgan fingerprint density at radius 2 is 2.15 bits per heavy atom. The number of hydrogen-bond acceptors (Lipinski definition) is 3. The number of ether oxygens (including phenoxy) is 1. The second-order valence-corrected chi connectivity index (χ2v) is 3.02. The Morgan fingerprint density at radius 1 is 1.54 bits per heavy atom. The van der Waals surface area contributed by atoms with Gasteiger partial charge in [0.1, 0.15) is 5.75 Å². The van der Waals surface area contributed by atoms with Crippen molar-refractivity contribution in [3.8, 4) is 5.75 Å². The molecule has 3 nitrogen and oxygen atoms in total. The van der Waals surface area contributed by atoms with E-state index in [-0.39, 0.29) is 16.3 Å². The number of benzene rings is 1. The molecule has 0 bridgehead atoms. The Morgan fingerprint density at radius 3 is 2.69 bits per heavy atom. The third-order valence-corrected chi connectivity index (χ3v) is 2.00. The average molecular weight is 201 g/mol. The molecule has 0 unspecified atom stereocenters. The van der Waals surface area contributed by atoms with Gasteiger partial charge in [0.25, 0.3) is 0 Å². The first-order chi connectivity index (χ1) is 6.06. The molecule has 1 N–H and O–H groups in total. The van der Waals surface area contributed by atoms with Crippen LogP contribution in [0.3, 0.4) is 0 Å². The van der Waals surface area contributed by atoms with E-state index in [4.69, 9.17) is 11.6 Å². The first kappa shape index (κ1) is 9.86. The number of carbonyl (C=O) groups excluding carboxylic acids is 1. The molecule has 0 fully saturated rings. The van der Waals surface area contributed by atoms with Gasteiger partial charge in [0.15, 0.2) is 0 Å². The molecule has 0 radical (unpaired) electrons. The van der Waals surface area contributed by atoms with Gasteiger partial charge in [-0.05, 0) is 24.6 Å². The van der Waals surface area contributed by atoms with E-state index < -0.39 is 5.97 Å². The molecule has 0 aliphatic carbocycles. The summed E-state index contributed by atoms with van der Waals surface area (Å²) in [5.41, 5.74) is 0.796. The monoisotopic (exact) mass is 200 g/mol. The van der Waals surface area contributed by atoms with Crippen LogP contribution in [0.4, 0.5) is 0 Å². The highest BCUT2D eigenvalue weighted by atomic mass is 35.5. The number of phenolic OH excluding ortho intramolecular Hbond substituents is 1. The second-order valence-electron chi connectivity index (χ2n) is 2.61. The molecule has 0 saturated heterocycles. The lowest BCUT2D eigenvalue weighted by Gasteiger charge is -2.04. The van der Waals surface area contributed by atoms with Crippen LogP contribution in [-0.4, -0.2) is 18.2 Å². The quantitative estimate of drug-likeness (QED) is 0.707. The van der Waals surface area contributed by atoms with E-state index in [1.54, 1.807) is 6.92 Å². The largest absolute Gasteiger partial charge is 0.508 e. The van der Waals surface area contributed by atoms with Gasteiger partial charge in [0, 0.05) is 0 Å². The zero-order valence-corrected chi connectivity index (χ0v) is 8.05. The van der Waals surface area contributed by atoms with Crippen molar-refractivity contribution in [2.45, 2.75) is 6.92 Å². The third-order valence-electron chi connectivity index (χ3n) is 1.69. The molecule has 70 valence electrons. The van der Waals surface area contributed by atoms with Crippen LogP contribution in [0.5, 0.6) is 5.75 Å². The van der Waals surface area contributed by atoms with Crippen molar-refractivity contribution < 1.29 is 14.6 Å². The minimum Gasteiger partial charge on any atom is -0.508 e. The predicted molar refractivity (Wildman–Crippen MR) is 49.2 cm³/mol. The molecule has 1 aromatic carbocycles. The molecule has 0 saturated carbocycles. The Labute approximate surface area is 80.9 Å². The maximum Gasteiger partial charge on any atom is 0.339 e. The highest BCUT2D eigenvalue weighted by Crippen LogP contribution is 2.25. The van der Waals surface area contributed by atoms with Crippen LogP contribution in [0.15, 0.2) is 12.1 Å². The van der Waals surface area contributed by atoms with Gasteiger partial charge in [0.05, 0.1) is 17.7 Å². The summed E-state index contributed by atoms with van der Waals surface area (Å²) in [6.45, 7) is 1.70. The average Bonchev–Trinajstić information content (AvgIpc) is 2.10. The van der Waals surface area contributed by atoms with E-state index in [2.05, 4.69) is 4.74 Å². The molecule has 0 atom stereocenters. The van der Waals surface area contributed by atoms with E-state index in [1.807, 2.05) is 0 Å². The van der Waals surface area contributed by atoms with Crippen molar-refractivity contribution in [2.24, 2.45) is 0 Å². The molecule has 0 aliphatic heterocycles. The first-order valence-corrected chi connectivity index (χ1v) is 4.01. The summed E-state index contributed by atoms with van der Waals surface area (Å²) in [7, 11) is 1.26. The zero-order valence-electron chi connectivity index (χ0n) is 7.30. The van der Waals surface area contributed by atoms with Crippen molar-refractivity contribution in [2.75, 3.05) is 7.11 Å². The number of phenols is 1. The number of halogens is 1. The van der Waals surface area contributed by atoms with Gasteiger partial charge < -0.3 is 9.84 Å². The normalized spacial score (nSPS) is 9.77. The smallest absolute Gasteiger partial charge is 0.339 e. The fraction of sp³-hybridized carbons (Fsp3) is 0.222. The molecule has 4 heteroatoms. The Balaban J connectivity index is 3.23. The second kappa shape index (κ2) is 3.66. The minimum atomic E-state index is -0.555. The fourth-order valence-electron chi connectivity index (χ4n) is 0.928. The Hall–Kier alpha value is -1.22. The van der Waals surface area contributed by atoms with Crippen LogP contribution in [0.2, 0.25) is 5.02 Å². The molecule has 0 amide bonds. The van der Waals surface area contributed by atoms with Gasteiger partial charge in [-0.15, -0.1) is 0 Å². The van der Waals surface area contributed by atoms with Gasteiger partial charge in [0.2, 0.25) is 0 Å². The molecule has 0 heterocycles. The van der Waals surface area contributed by atoms with Crippen molar-refractivity contribution >= 4 is 17.6 Å². The number of aromatic hydroxyl groups is 1. The third kappa shape index (κ3) is 1.92. The standard InChI is InChI=1S/C9H9ClO3/c1-5-3-7(10)6(4-8(5)11)9(12)13-2/h3-4,11H,1-2H3. The lowest BCUT2D eigenvalue weighted by atomic mass is 10.1. The molecular weight excluding hydrogens is 192 g/mol. The van der Waals surface area contributed by atoms with E-state index >= 15 is 0 Å². The lowest BCUT2D eigenvalue weighted by molar-refractivity contribution is 0.0600. The molecule has 0 aliphatic rings. The topological polar surface area (TPSA) is 46.5 Å². The van der Waals surface area contributed by atoms with Gasteiger partial charge >= 0.3 is 5.97 Å². The van der Waals surface area contributed by atoms with E-state index in [0.29, 0.717) is 5.56 Å². The molecular formula is C9H9ClO3. The summed E-state index contributed by atoms with van der Waals surface area (Å²) in [5, 5.41) is 9.58. The van der Waals surface area contributed by atoms with Crippen molar-refractivity contribution in [3.05, 3.63) is 28.3 Å². The molecule has 0 aromatic heterocycles. The zero-order chi connectivity index (χ0) is 10.0. The summed E-state index contributed by atoms with van der Waals surface area (Å²) in [6, 6.07) is 2.81. The van der Waals surface area contributed by atoms with Gasteiger partial charge in [-0.1, -0.05) is 11.6 Å². The summed E-state index contributed by atoms with van der Waals surface area (Å²) in [4.78, 5) is 11.1. The highest BCUT2D eigenvalue weighted by Gasteiger charge is 2.12.